The Labute approximate surface area is 115 Å². The zero-order valence-corrected chi connectivity index (χ0v) is 10.9. The van der Waals surface area contributed by atoms with Crippen LogP contribution in [0.25, 0.3) is 11.1 Å². The van der Waals surface area contributed by atoms with Crippen molar-refractivity contribution in [3.05, 3.63) is 48.7 Å². The van der Waals surface area contributed by atoms with Gasteiger partial charge in [0, 0.05) is 12.4 Å². The minimum atomic E-state index is -3.92. The monoisotopic (exact) mass is 293 g/mol. The number of phenolic OH excluding ortho intramolecular Hbond substituents is 1. The summed E-state index contributed by atoms with van der Waals surface area (Å²) in [7, 11) is -3.92. The fraction of sp³-hybridized carbons (Fsp3) is 0. The lowest BCUT2D eigenvalue weighted by molar-refractivity contribution is 0.392. The van der Waals surface area contributed by atoms with E-state index >= 15 is 0 Å². The Morgan fingerprint density at radius 1 is 1.10 bits per heavy atom. The largest absolute Gasteiger partial charge is 0.506 e. The van der Waals surface area contributed by atoms with Crippen LogP contribution in [0.2, 0.25) is 0 Å². The minimum Gasteiger partial charge on any atom is -0.506 e. The molecule has 104 valence electrons. The number of anilines is 1. The summed E-state index contributed by atoms with van der Waals surface area (Å²) in [6.45, 7) is 0. The molecular weight excluding hydrogens is 282 g/mol. The van der Waals surface area contributed by atoms with Crippen LogP contribution in [0.5, 0.6) is 5.75 Å². The van der Waals surface area contributed by atoms with Crippen molar-refractivity contribution in [1.82, 2.24) is 9.71 Å². The fourth-order valence-electron chi connectivity index (χ4n) is 1.97. The maximum atomic E-state index is 11.8. The van der Waals surface area contributed by atoms with Gasteiger partial charge in [-0.05, 0) is 29.3 Å². The van der Waals surface area contributed by atoms with Crippen molar-refractivity contribution >= 4 is 15.9 Å². The number of H-pyrrole nitrogens is 1. The first-order valence-electron chi connectivity index (χ1n) is 5.66. The van der Waals surface area contributed by atoms with Gasteiger partial charge in [0.05, 0.1) is 6.20 Å². The average molecular weight is 293 g/mol. The second-order valence-corrected chi connectivity index (χ2v) is 5.77. The van der Waals surface area contributed by atoms with Crippen LogP contribution < -0.4 is 9.03 Å². The molecule has 20 heavy (non-hydrogen) atoms. The van der Waals surface area contributed by atoms with Crippen LogP contribution >= 0.6 is 0 Å². The highest BCUT2D eigenvalue weighted by Crippen LogP contribution is 2.35. The zero-order valence-electron chi connectivity index (χ0n) is 10.1. The van der Waals surface area contributed by atoms with Gasteiger partial charge in [-0.15, -0.1) is 0 Å². The Hall–Kier alpha value is -2.61. The van der Waals surface area contributed by atoms with Crippen molar-refractivity contribution in [2.45, 2.75) is 0 Å². The number of aromatic amines is 1. The Kier molecular flexibility index (Phi) is 2.61. The molecule has 1 aliphatic heterocycles. The maximum absolute atomic E-state index is 11.8. The number of benzene rings is 1. The summed E-state index contributed by atoms with van der Waals surface area (Å²) in [6, 6.07) is 6.41. The molecule has 2 heterocycles. The molecule has 0 aliphatic carbocycles. The first-order chi connectivity index (χ1) is 9.47. The number of nitrogens with one attached hydrogen (secondary N) is 2. The molecule has 2 aromatic rings. The number of aliphatic hydroxyl groups excluding tert-OH is 1. The van der Waals surface area contributed by atoms with Crippen LogP contribution in [-0.4, -0.2) is 23.6 Å². The van der Waals surface area contributed by atoms with E-state index in [2.05, 4.69) is 4.98 Å². The molecule has 3 rings (SSSR count). The lowest BCUT2D eigenvalue weighted by Gasteiger charge is -2.16. The summed E-state index contributed by atoms with van der Waals surface area (Å²) in [4.78, 5) is 2.90. The summed E-state index contributed by atoms with van der Waals surface area (Å²) in [5, 5.41) is 19.1. The highest BCUT2D eigenvalue weighted by atomic mass is 32.2. The third kappa shape index (κ3) is 1.95. The van der Waals surface area contributed by atoms with Gasteiger partial charge in [0.15, 0.2) is 0 Å². The molecule has 1 aromatic carbocycles. The number of aromatic nitrogens is 1. The van der Waals surface area contributed by atoms with E-state index in [4.69, 9.17) is 0 Å². The molecule has 8 heteroatoms. The maximum Gasteiger partial charge on any atom is 0.330 e. The number of hydrogen-bond donors (Lipinski definition) is 4. The van der Waals surface area contributed by atoms with Gasteiger partial charge in [0.1, 0.15) is 11.4 Å². The Balaban J connectivity index is 2.12. The first kappa shape index (κ1) is 12.4. The number of nitrogens with zero attached hydrogens (tertiary/aromatic N) is 1. The van der Waals surface area contributed by atoms with Gasteiger partial charge in [-0.3, -0.25) is 0 Å². The van der Waals surface area contributed by atoms with Gasteiger partial charge < -0.3 is 15.2 Å². The normalized spacial score (nSPS) is 16.8. The van der Waals surface area contributed by atoms with E-state index < -0.39 is 16.1 Å². The molecule has 1 aliphatic rings. The van der Waals surface area contributed by atoms with Gasteiger partial charge in [0.25, 0.3) is 0 Å². The Bertz CT molecular complexity index is 781. The fourth-order valence-corrected chi connectivity index (χ4v) is 3.03. The second-order valence-electron chi connectivity index (χ2n) is 4.22. The predicted octanol–water partition coefficient (Wildman–Crippen LogP) is 1.40. The summed E-state index contributed by atoms with van der Waals surface area (Å²) >= 11 is 0. The molecule has 0 atom stereocenters. The van der Waals surface area contributed by atoms with Gasteiger partial charge in [-0.2, -0.15) is 8.42 Å². The van der Waals surface area contributed by atoms with Gasteiger partial charge in [-0.1, -0.05) is 6.07 Å². The summed E-state index contributed by atoms with van der Waals surface area (Å²) in [5.41, 5.74) is 1.64. The minimum absolute atomic E-state index is 0.0558. The van der Waals surface area contributed by atoms with Crippen LogP contribution in [0.15, 0.2) is 48.7 Å². The van der Waals surface area contributed by atoms with E-state index in [-0.39, 0.29) is 11.4 Å². The SMILES string of the molecule is O=S1(=O)NC(O)=CN1c1cc(-c2cc[nH]c2)ccc1O. The molecule has 4 N–H and O–H groups in total. The molecule has 0 spiro atoms. The van der Waals surface area contributed by atoms with Crippen molar-refractivity contribution in [3.63, 3.8) is 0 Å². The molecule has 0 bridgehead atoms. The van der Waals surface area contributed by atoms with Crippen molar-refractivity contribution in [2.24, 2.45) is 0 Å². The van der Waals surface area contributed by atoms with E-state index in [9.17, 15) is 18.6 Å². The van der Waals surface area contributed by atoms with E-state index in [1.807, 2.05) is 10.8 Å². The Morgan fingerprint density at radius 2 is 1.90 bits per heavy atom. The zero-order chi connectivity index (χ0) is 14.3. The smallest absolute Gasteiger partial charge is 0.330 e. The van der Waals surface area contributed by atoms with Crippen molar-refractivity contribution in [2.75, 3.05) is 4.31 Å². The number of phenols is 1. The highest BCUT2D eigenvalue weighted by Gasteiger charge is 2.30. The van der Waals surface area contributed by atoms with Gasteiger partial charge >= 0.3 is 10.2 Å². The molecule has 0 radical (unpaired) electrons. The lowest BCUT2D eigenvalue weighted by atomic mass is 10.1. The van der Waals surface area contributed by atoms with E-state index in [1.165, 1.54) is 12.1 Å². The number of hydrogen-bond acceptors (Lipinski definition) is 4. The van der Waals surface area contributed by atoms with Crippen LogP contribution in [0, 0.1) is 0 Å². The second kappa shape index (κ2) is 4.20. The molecule has 0 saturated carbocycles. The summed E-state index contributed by atoms with van der Waals surface area (Å²) in [5.74, 6) is -0.711. The van der Waals surface area contributed by atoms with Crippen molar-refractivity contribution in [3.8, 4) is 16.9 Å². The molecule has 1 aromatic heterocycles. The standard InChI is InChI=1S/C12H11N3O4S/c16-11-2-1-8(9-3-4-13-6-9)5-10(11)15-7-12(17)14-20(15,18)19/h1-7,13-14,16-17H. The van der Waals surface area contributed by atoms with Gasteiger partial charge in [0.2, 0.25) is 5.88 Å². The molecular formula is C12H11N3O4S. The van der Waals surface area contributed by atoms with Crippen LogP contribution in [-0.2, 0) is 10.2 Å². The number of aromatic hydroxyl groups is 1. The lowest BCUT2D eigenvalue weighted by Crippen LogP contribution is -2.29. The van der Waals surface area contributed by atoms with E-state index in [1.54, 1.807) is 18.5 Å². The van der Waals surface area contributed by atoms with Crippen molar-refractivity contribution in [1.29, 1.82) is 0 Å². The summed E-state index contributed by atoms with van der Waals surface area (Å²) in [6.07, 6.45) is 4.48. The molecule has 7 nitrogen and oxygen atoms in total. The quantitative estimate of drug-likeness (QED) is 0.671. The molecule has 0 fully saturated rings. The van der Waals surface area contributed by atoms with E-state index in [0.717, 1.165) is 21.6 Å². The van der Waals surface area contributed by atoms with Crippen LogP contribution in [0.3, 0.4) is 0 Å². The third-order valence-electron chi connectivity index (χ3n) is 2.88. The van der Waals surface area contributed by atoms with Gasteiger partial charge in [-0.25, -0.2) is 9.03 Å². The molecule has 0 saturated heterocycles. The topological polar surface area (TPSA) is 106 Å². The molecule has 0 unspecified atom stereocenters. The Morgan fingerprint density at radius 3 is 2.50 bits per heavy atom. The first-order valence-corrected chi connectivity index (χ1v) is 7.10. The van der Waals surface area contributed by atoms with Crippen molar-refractivity contribution < 1.29 is 18.6 Å². The highest BCUT2D eigenvalue weighted by molar-refractivity contribution is 7.91. The average Bonchev–Trinajstić information content (AvgIpc) is 2.98. The number of rotatable bonds is 2. The number of aliphatic hydroxyl groups is 1. The molecule has 0 amide bonds. The predicted molar refractivity (Wildman–Crippen MR) is 73.1 cm³/mol. The van der Waals surface area contributed by atoms with Crippen LogP contribution in [0.4, 0.5) is 5.69 Å². The third-order valence-corrected chi connectivity index (χ3v) is 4.16. The summed E-state index contributed by atoms with van der Waals surface area (Å²) < 4.78 is 26.3. The van der Waals surface area contributed by atoms with Crippen LogP contribution in [0.1, 0.15) is 0 Å². The van der Waals surface area contributed by atoms with E-state index in [0.29, 0.717) is 0 Å².